The van der Waals surface area contributed by atoms with Gasteiger partial charge in [0.15, 0.2) is 9.84 Å². The lowest BCUT2D eigenvalue weighted by Gasteiger charge is -2.22. The Morgan fingerprint density at radius 1 is 1.53 bits per heavy atom. The third-order valence-electron chi connectivity index (χ3n) is 3.17. The fraction of sp³-hybridized carbons (Fsp3) is 0.545. The molecule has 0 bridgehead atoms. The van der Waals surface area contributed by atoms with E-state index in [0.717, 1.165) is 0 Å². The molecule has 1 atom stereocenters. The first-order chi connectivity index (χ1) is 7.91. The number of furan rings is 1. The van der Waals surface area contributed by atoms with Crippen LogP contribution in [0.25, 0.3) is 0 Å². The molecular weight excluding hydrogens is 242 g/mol. The van der Waals surface area contributed by atoms with Crippen molar-refractivity contribution in [2.75, 3.05) is 18.6 Å². The van der Waals surface area contributed by atoms with E-state index in [4.69, 9.17) is 4.42 Å². The zero-order valence-electron chi connectivity index (χ0n) is 9.84. The predicted octanol–water partition coefficient (Wildman–Crippen LogP) is 0.847. The van der Waals surface area contributed by atoms with Crippen molar-refractivity contribution in [3.05, 3.63) is 23.7 Å². The molecule has 0 N–H and O–H groups in total. The van der Waals surface area contributed by atoms with E-state index in [1.807, 2.05) is 0 Å². The molecule has 94 valence electrons. The number of carbonyl (C=O) groups excluding carboxylic acids is 1. The molecule has 1 amide bonds. The molecule has 0 saturated carbocycles. The number of rotatable bonds is 2. The Hall–Kier alpha value is -1.30. The van der Waals surface area contributed by atoms with E-state index in [1.165, 1.54) is 11.2 Å². The van der Waals surface area contributed by atoms with Gasteiger partial charge >= 0.3 is 0 Å². The van der Waals surface area contributed by atoms with Gasteiger partial charge in [0, 0.05) is 13.1 Å². The highest BCUT2D eigenvalue weighted by Gasteiger charge is 2.33. The maximum atomic E-state index is 12.1. The van der Waals surface area contributed by atoms with Crippen LogP contribution in [0.3, 0.4) is 0 Å². The Bertz CT molecular complexity index is 531. The van der Waals surface area contributed by atoms with Gasteiger partial charge in [-0.2, -0.15) is 0 Å². The van der Waals surface area contributed by atoms with Gasteiger partial charge in [-0.1, -0.05) is 0 Å². The number of amides is 1. The van der Waals surface area contributed by atoms with Crippen LogP contribution in [-0.2, 0) is 9.84 Å². The van der Waals surface area contributed by atoms with Crippen LogP contribution in [0.5, 0.6) is 0 Å². The molecule has 1 fully saturated rings. The van der Waals surface area contributed by atoms with Crippen molar-refractivity contribution in [3.8, 4) is 0 Å². The molecule has 0 aliphatic carbocycles. The van der Waals surface area contributed by atoms with Gasteiger partial charge in [-0.3, -0.25) is 4.79 Å². The molecule has 2 rings (SSSR count). The number of carbonyl (C=O) groups is 1. The molecule has 2 heterocycles. The molecule has 6 heteroatoms. The maximum absolute atomic E-state index is 12.1. The fourth-order valence-electron chi connectivity index (χ4n) is 2.04. The van der Waals surface area contributed by atoms with Crippen LogP contribution < -0.4 is 0 Å². The van der Waals surface area contributed by atoms with Gasteiger partial charge in [0.05, 0.1) is 23.3 Å². The Kier molecular flexibility index (Phi) is 2.99. The topological polar surface area (TPSA) is 67.6 Å². The number of hydrogen-bond acceptors (Lipinski definition) is 4. The van der Waals surface area contributed by atoms with E-state index in [-0.39, 0.29) is 23.5 Å². The summed E-state index contributed by atoms with van der Waals surface area (Å²) < 4.78 is 27.8. The Labute approximate surface area is 100 Å². The quantitative estimate of drug-likeness (QED) is 0.787. The van der Waals surface area contributed by atoms with Gasteiger partial charge in [-0.15, -0.1) is 0 Å². The van der Waals surface area contributed by atoms with Crippen molar-refractivity contribution in [2.24, 2.45) is 0 Å². The summed E-state index contributed by atoms with van der Waals surface area (Å²) in [5, 5.41) is 0. The molecular formula is C11H15NO4S. The molecule has 5 nitrogen and oxygen atoms in total. The minimum atomic E-state index is -2.97. The molecule has 1 saturated heterocycles. The van der Waals surface area contributed by atoms with Crippen LogP contribution in [0.15, 0.2) is 16.7 Å². The lowest BCUT2D eigenvalue weighted by Crippen LogP contribution is -2.37. The minimum Gasteiger partial charge on any atom is -0.469 e. The van der Waals surface area contributed by atoms with Gasteiger partial charge in [0.25, 0.3) is 5.91 Å². The van der Waals surface area contributed by atoms with Crippen LogP contribution in [-0.4, -0.2) is 43.8 Å². The highest BCUT2D eigenvalue weighted by atomic mass is 32.2. The molecule has 17 heavy (non-hydrogen) atoms. The minimum absolute atomic E-state index is 0.0616. The first-order valence-electron chi connectivity index (χ1n) is 5.42. The lowest BCUT2D eigenvalue weighted by atomic mass is 10.2. The van der Waals surface area contributed by atoms with E-state index in [1.54, 1.807) is 20.0 Å². The number of nitrogens with zero attached hydrogens (tertiary/aromatic N) is 1. The normalized spacial score (nSPS) is 22.6. The van der Waals surface area contributed by atoms with Crippen molar-refractivity contribution < 1.29 is 17.6 Å². The van der Waals surface area contributed by atoms with E-state index < -0.39 is 9.84 Å². The summed E-state index contributed by atoms with van der Waals surface area (Å²) in [4.78, 5) is 13.6. The van der Waals surface area contributed by atoms with Gasteiger partial charge < -0.3 is 9.32 Å². The van der Waals surface area contributed by atoms with Crippen molar-refractivity contribution >= 4 is 15.7 Å². The first-order valence-corrected chi connectivity index (χ1v) is 7.24. The average Bonchev–Trinajstić information content (AvgIpc) is 2.82. The summed E-state index contributed by atoms with van der Waals surface area (Å²) in [5.41, 5.74) is 0.497. The van der Waals surface area contributed by atoms with Crippen LogP contribution in [0.2, 0.25) is 0 Å². The number of aryl methyl sites for hydroxylation is 1. The van der Waals surface area contributed by atoms with Gasteiger partial charge in [0.1, 0.15) is 5.76 Å². The standard InChI is InChI=1S/C11H15NO4S/c1-8-10(3-5-16-8)11(13)12(2)9-4-6-17(14,15)7-9/h3,5,9H,4,6-7H2,1-2H3/t9-/m0/s1. The Morgan fingerprint density at radius 3 is 2.71 bits per heavy atom. The summed E-state index contributed by atoms with van der Waals surface area (Å²) >= 11 is 0. The second-order valence-corrected chi connectivity index (χ2v) is 6.59. The first kappa shape index (κ1) is 12.2. The monoisotopic (exact) mass is 257 g/mol. The van der Waals surface area contributed by atoms with Crippen molar-refractivity contribution in [1.29, 1.82) is 0 Å². The summed E-state index contributed by atoms with van der Waals surface area (Å²) in [6, 6.07) is 1.39. The molecule has 1 aliphatic rings. The van der Waals surface area contributed by atoms with Crippen molar-refractivity contribution in [1.82, 2.24) is 4.90 Å². The van der Waals surface area contributed by atoms with Crippen LogP contribution in [0.1, 0.15) is 22.5 Å². The third kappa shape index (κ3) is 2.36. The van der Waals surface area contributed by atoms with Gasteiger partial charge in [-0.05, 0) is 19.4 Å². The summed E-state index contributed by atoms with van der Waals surface area (Å²) in [6.45, 7) is 1.71. The van der Waals surface area contributed by atoms with Gasteiger partial charge in [0.2, 0.25) is 0 Å². The average molecular weight is 257 g/mol. The highest BCUT2D eigenvalue weighted by molar-refractivity contribution is 7.91. The molecule has 0 aromatic carbocycles. The third-order valence-corrected chi connectivity index (χ3v) is 4.92. The number of hydrogen-bond donors (Lipinski definition) is 0. The molecule has 1 aliphatic heterocycles. The van der Waals surface area contributed by atoms with Crippen LogP contribution in [0.4, 0.5) is 0 Å². The maximum Gasteiger partial charge on any atom is 0.257 e. The van der Waals surface area contributed by atoms with E-state index >= 15 is 0 Å². The van der Waals surface area contributed by atoms with Crippen molar-refractivity contribution in [3.63, 3.8) is 0 Å². The molecule has 0 spiro atoms. The number of sulfone groups is 1. The molecule has 1 aromatic heterocycles. The summed E-state index contributed by atoms with van der Waals surface area (Å²) in [7, 11) is -1.33. The zero-order chi connectivity index (χ0) is 12.6. The lowest BCUT2D eigenvalue weighted by molar-refractivity contribution is 0.0746. The second kappa shape index (κ2) is 4.18. The molecule has 0 unspecified atom stereocenters. The molecule has 1 aromatic rings. The highest BCUT2D eigenvalue weighted by Crippen LogP contribution is 2.20. The fourth-order valence-corrected chi connectivity index (χ4v) is 3.82. The zero-order valence-corrected chi connectivity index (χ0v) is 10.7. The molecule has 0 radical (unpaired) electrons. The van der Waals surface area contributed by atoms with Crippen molar-refractivity contribution in [2.45, 2.75) is 19.4 Å². The van der Waals surface area contributed by atoms with Gasteiger partial charge in [-0.25, -0.2) is 8.42 Å². The van der Waals surface area contributed by atoms with E-state index in [2.05, 4.69) is 0 Å². The Morgan fingerprint density at radius 2 is 2.24 bits per heavy atom. The van der Waals surface area contributed by atoms with Crippen LogP contribution in [0, 0.1) is 6.92 Å². The smallest absolute Gasteiger partial charge is 0.257 e. The van der Waals surface area contributed by atoms with Crippen LogP contribution >= 0.6 is 0 Å². The SMILES string of the molecule is Cc1occc1C(=O)N(C)[C@H]1CCS(=O)(=O)C1. The second-order valence-electron chi connectivity index (χ2n) is 4.36. The predicted molar refractivity (Wildman–Crippen MR) is 62.6 cm³/mol. The Balaban J connectivity index is 2.14. The van der Waals surface area contributed by atoms with E-state index in [0.29, 0.717) is 17.7 Å². The van der Waals surface area contributed by atoms with E-state index in [9.17, 15) is 13.2 Å². The largest absolute Gasteiger partial charge is 0.469 e. The summed E-state index contributed by atoms with van der Waals surface area (Å²) in [6.07, 6.45) is 1.98. The summed E-state index contributed by atoms with van der Waals surface area (Å²) in [5.74, 6) is 0.604.